The van der Waals surface area contributed by atoms with Gasteiger partial charge in [-0.3, -0.25) is 4.99 Å². The second-order valence-corrected chi connectivity index (χ2v) is 4.94. The summed E-state index contributed by atoms with van der Waals surface area (Å²) in [5.74, 6) is 0.605. The van der Waals surface area contributed by atoms with Crippen LogP contribution in [0.2, 0.25) is 0 Å². The van der Waals surface area contributed by atoms with E-state index in [9.17, 15) is 13.2 Å². The molecular formula is C15H17F3N4O. The fraction of sp³-hybridized carbons (Fsp3) is 0.333. The zero-order valence-electron chi connectivity index (χ0n) is 12.8. The molecule has 0 saturated carbocycles. The van der Waals surface area contributed by atoms with Crippen molar-refractivity contribution in [2.75, 3.05) is 14.1 Å². The van der Waals surface area contributed by atoms with Gasteiger partial charge in [-0.1, -0.05) is 17.3 Å². The Morgan fingerprint density at radius 1 is 1.26 bits per heavy atom. The molecule has 23 heavy (non-hydrogen) atoms. The standard InChI is InChI=1S/C15H17F3N4O/c1-19-14(20-9-13-7-8-23-21-13)22(2)10-11-3-5-12(6-4-11)15(16,17)18/h3-8H,9-10H2,1-2H3,(H,19,20). The summed E-state index contributed by atoms with van der Waals surface area (Å²) in [4.78, 5) is 5.94. The normalized spacial score (nSPS) is 12.3. The third-order valence-corrected chi connectivity index (χ3v) is 3.19. The molecule has 5 nitrogen and oxygen atoms in total. The highest BCUT2D eigenvalue weighted by atomic mass is 19.4. The molecule has 0 aliphatic heterocycles. The number of hydrogen-bond donors (Lipinski definition) is 1. The lowest BCUT2D eigenvalue weighted by Gasteiger charge is -2.22. The average molecular weight is 326 g/mol. The molecule has 0 atom stereocenters. The van der Waals surface area contributed by atoms with Gasteiger partial charge >= 0.3 is 6.18 Å². The Kier molecular flexibility index (Phi) is 5.25. The summed E-state index contributed by atoms with van der Waals surface area (Å²) in [5, 5.41) is 6.88. The van der Waals surface area contributed by atoms with Gasteiger partial charge in [-0.2, -0.15) is 13.2 Å². The fourth-order valence-electron chi connectivity index (χ4n) is 2.03. The highest BCUT2D eigenvalue weighted by molar-refractivity contribution is 5.79. The van der Waals surface area contributed by atoms with Crippen molar-refractivity contribution in [1.82, 2.24) is 15.4 Å². The average Bonchev–Trinajstić information content (AvgIpc) is 3.01. The van der Waals surface area contributed by atoms with E-state index in [1.54, 1.807) is 20.2 Å². The Labute approximate surface area is 131 Å². The first-order valence-corrected chi connectivity index (χ1v) is 6.87. The molecule has 0 amide bonds. The molecule has 0 saturated heterocycles. The third-order valence-electron chi connectivity index (χ3n) is 3.19. The van der Waals surface area contributed by atoms with Crippen LogP contribution >= 0.6 is 0 Å². The van der Waals surface area contributed by atoms with Gasteiger partial charge in [0.15, 0.2) is 5.96 Å². The van der Waals surface area contributed by atoms with Crippen LogP contribution in [0.25, 0.3) is 0 Å². The van der Waals surface area contributed by atoms with Crippen LogP contribution < -0.4 is 5.32 Å². The number of benzene rings is 1. The lowest BCUT2D eigenvalue weighted by Crippen LogP contribution is -2.38. The lowest BCUT2D eigenvalue weighted by atomic mass is 10.1. The quantitative estimate of drug-likeness (QED) is 0.693. The number of rotatable bonds is 4. The van der Waals surface area contributed by atoms with E-state index in [4.69, 9.17) is 4.52 Å². The summed E-state index contributed by atoms with van der Waals surface area (Å²) in [6.45, 7) is 0.872. The zero-order valence-corrected chi connectivity index (χ0v) is 12.8. The second kappa shape index (κ2) is 7.17. The van der Waals surface area contributed by atoms with Crippen LogP contribution in [0.5, 0.6) is 0 Å². The molecule has 0 unspecified atom stereocenters. The van der Waals surface area contributed by atoms with E-state index < -0.39 is 11.7 Å². The molecule has 124 valence electrons. The maximum atomic E-state index is 12.5. The molecular weight excluding hydrogens is 309 g/mol. The van der Waals surface area contributed by atoms with Gasteiger partial charge in [0.2, 0.25) is 0 Å². The minimum absolute atomic E-state index is 0.427. The maximum Gasteiger partial charge on any atom is 0.416 e. The van der Waals surface area contributed by atoms with Gasteiger partial charge in [-0.05, 0) is 17.7 Å². The van der Waals surface area contributed by atoms with E-state index in [-0.39, 0.29) is 0 Å². The third kappa shape index (κ3) is 4.73. The first kappa shape index (κ1) is 16.9. The van der Waals surface area contributed by atoms with Crippen molar-refractivity contribution in [3.63, 3.8) is 0 Å². The molecule has 0 bridgehead atoms. The Balaban J connectivity index is 1.95. The van der Waals surface area contributed by atoms with Gasteiger partial charge in [-0.25, -0.2) is 0 Å². The zero-order chi connectivity index (χ0) is 16.9. The Bertz CT molecular complexity index is 636. The number of nitrogens with zero attached hydrogens (tertiary/aromatic N) is 3. The van der Waals surface area contributed by atoms with Gasteiger partial charge in [0.05, 0.1) is 12.1 Å². The van der Waals surface area contributed by atoms with E-state index in [1.807, 2.05) is 4.90 Å². The molecule has 8 heteroatoms. The van der Waals surface area contributed by atoms with E-state index in [0.29, 0.717) is 19.0 Å². The summed E-state index contributed by atoms with van der Waals surface area (Å²) in [6.07, 6.45) is -2.84. The summed E-state index contributed by atoms with van der Waals surface area (Å²) in [5.41, 5.74) is 0.830. The number of hydrogen-bond acceptors (Lipinski definition) is 3. The number of alkyl halides is 3. The molecule has 2 rings (SSSR count). The van der Waals surface area contributed by atoms with E-state index in [2.05, 4.69) is 15.5 Å². The maximum absolute atomic E-state index is 12.5. The number of guanidine groups is 1. The predicted molar refractivity (Wildman–Crippen MR) is 79.6 cm³/mol. The van der Waals surface area contributed by atoms with Gasteiger partial charge < -0.3 is 14.7 Å². The molecule has 0 radical (unpaired) electrons. The van der Waals surface area contributed by atoms with Crippen molar-refractivity contribution in [2.24, 2.45) is 4.99 Å². The molecule has 0 aliphatic rings. The van der Waals surface area contributed by atoms with Crippen molar-refractivity contribution in [2.45, 2.75) is 19.3 Å². The van der Waals surface area contributed by atoms with Crippen LogP contribution in [0.1, 0.15) is 16.8 Å². The van der Waals surface area contributed by atoms with Gasteiger partial charge in [0, 0.05) is 26.7 Å². The topological polar surface area (TPSA) is 53.7 Å². The second-order valence-electron chi connectivity index (χ2n) is 4.94. The minimum atomic E-state index is -4.32. The molecule has 1 aromatic heterocycles. The SMILES string of the molecule is CN=C(NCc1ccon1)N(C)Cc1ccc(C(F)(F)F)cc1. The Morgan fingerprint density at radius 2 is 1.96 bits per heavy atom. The van der Waals surface area contributed by atoms with Crippen LogP contribution in [0.15, 0.2) is 46.1 Å². The highest BCUT2D eigenvalue weighted by Gasteiger charge is 2.29. The lowest BCUT2D eigenvalue weighted by molar-refractivity contribution is -0.137. The van der Waals surface area contributed by atoms with Crippen LogP contribution in [-0.2, 0) is 19.3 Å². The van der Waals surface area contributed by atoms with E-state index in [1.165, 1.54) is 18.4 Å². The van der Waals surface area contributed by atoms with Crippen LogP contribution in [0, 0.1) is 0 Å². The minimum Gasteiger partial charge on any atom is -0.364 e. The Hall–Kier alpha value is -2.51. The van der Waals surface area contributed by atoms with E-state index >= 15 is 0 Å². The number of nitrogens with one attached hydrogen (secondary N) is 1. The highest BCUT2D eigenvalue weighted by Crippen LogP contribution is 2.29. The van der Waals surface area contributed by atoms with Crippen molar-refractivity contribution >= 4 is 5.96 Å². The van der Waals surface area contributed by atoms with Crippen molar-refractivity contribution < 1.29 is 17.7 Å². The number of halogens is 3. The number of aliphatic imine (C=N–C) groups is 1. The van der Waals surface area contributed by atoms with Crippen molar-refractivity contribution in [3.05, 3.63) is 53.4 Å². The molecule has 0 spiro atoms. The van der Waals surface area contributed by atoms with Crippen LogP contribution in [-0.4, -0.2) is 30.1 Å². The first-order chi connectivity index (χ1) is 10.9. The largest absolute Gasteiger partial charge is 0.416 e. The van der Waals surface area contributed by atoms with E-state index in [0.717, 1.165) is 23.4 Å². The summed E-state index contributed by atoms with van der Waals surface area (Å²) < 4.78 is 42.4. The van der Waals surface area contributed by atoms with Gasteiger partial charge in [-0.15, -0.1) is 0 Å². The number of aromatic nitrogens is 1. The molecule has 1 N–H and O–H groups in total. The fourth-order valence-corrected chi connectivity index (χ4v) is 2.03. The molecule has 1 heterocycles. The molecule has 1 aromatic carbocycles. The summed E-state index contributed by atoms with van der Waals surface area (Å²) in [7, 11) is 3.43. The predicted octanol–water partition coefficient (Wildman–Crippen LogP) is 2.90. The van der Waals surface area contributed by atoms with Crippen molar-refractivity contribution in [1.29, 1.82) is 0 Å². The van der Waals surface area contributed by atoms with Gasteiger partial charge in [0.25, 0.3) is 0 Å². The molecule has 0 aliphatic carbocycles. The first-order valence-electron chi connectivity index (χ1n) is 6.87. The smallest absolute Gasteiger partial charge is 0.364 e. The molecule has 0 fully saturated rings. The molecule has 2 aromatic rings. The summed E-state index contributed by atoms with van der Waals surface area (Å²) in [6, 6.07) is 6.81. The monoisotopic (exact) mass is 326 g/mol. The van der Waals surface area contributed by atoms with Gasteiger partial charge in [0.1, 0.15) is 12.0 Å². The Morgan fingerprint density at radius 3 is 2.48 bits per heavy atom. The summed E-state index contributed by atoms with van der Waals surface area (Å²) >= 11 is 0. The van der Waals surface area contributed by atoms with Crippen LogP contribution in [0.3, 0.4) is 0 Å². The van der Waals surface area contributed by atoms with Crippen LogP contribution in [0.4, 0.5) is 13.2 Å². The van der Waals surface area contributed by atoms with Crippen molar-refractivity contribution in [3.8, 4) is 0 Å².